The van der Waals surface area contributed by atoms with E-state index in [1.54, 1.807) is 0 Å². The van der Waals surface area contributed by atoms with Crippen molar-refractivity contribution in [2.75, 3.05) is 13.1 Å². The summed E-state index contributed by atoms with van der Waals surface area (Å²) in [5.74, 6) is 1.27. The Hall–Kier alpha value is -1.77. The van der Waals surface area contributed by atoms with E-state index in [0.717, 1.165) is 31.5 Å². The van der Waals surface area contributed by atoms with Crippen LogP contribution in [-0.4, -0.2) is 24.1 Å². The molecule has 19 heavy (non-hydrogen) atoms. The number of rotatable bonds is 2. The predicted octanol–water partition coefficient (Wildman–Crippen LogP) is 3.22. The van der Waals surface area contributed by atoms with E-state index in [1.807, 2.05) is 35.2 Å². The van der Waals surface area contributed by atoms with E-state index in [4.69, 9.17) is 4.74 Å². The van der Waals surface area contributed by atoms with Crippen molar-refractivity contribution in [1.29, 1.82) is 0 Å². The van der Waals surface area contributed by atoms with Gasteiger partial charge >= 0.3 is 6.09 Å². The molecule has 0 radical (unpaired) electrons. The topological polar surface area (TPSA) is 29.5 Å². The Kier molecular flexibility index (Phi) is 3.53. The molecule has 0 N–H and O–H groups in total. The second kappa shape index (κ2) is 5.47. The van der Waals surface area contributed by atoms with Crippen molar-refractivity contribution in [3.63, 3.8) is 0 Å². The third-order valence-corrected chi connectivity index (χ3v) is 4.08. The molecule has 3 nitrogen and oxygen atoms in total. The first-order valence-corrected chi connectivity index (χ1v) is 6.93. The summed E-state index contributed by atoms with van der Waals surface area (Å²) < 4.78 is 5.38. The van der Waals surface area contributed by atoms with Crippen molar-refractivity contribution in [2.24, 2.45) is 11.8 Å². The van der Waals surface area contributed by atoms with Gasteiger partial charge in [-0.2, -0.15) is 0 Å². The van der Waals surface area contributed by atoms with E-state index in [9.17, 15) is 4.79 Å². The van der Waals surface area contributed by atoms with Crippen LogP contribution in [-0.2, 0) is 11.3 Å². The van der Waals surface area contributed by atoms with Crippen LogP contribution < -0.4 is 0 Å². The van der Waals surface area contributed by atoms with Crippen LogP contribution in [0.3, 0.4) is 0 Å². The van der Waals surface area contributed by atoms with E-state index in [2.05, 4.69) is 12.2 Å². The van der Waals surface area contributed by atoms with E-state index < -0.39 is 0 Å². The van der Waals surface area contributed by atoms with Gasteiger partial charge < -0.3 is 9.64 Å². The molecule has 1 aliphatic carbocycles. The smallest absolute Gasteiger partial charge is 0.410 e. The van der Waals surface area contributed by atoms with Crippen LogP contribution in [0.1, 0.15) is 18.4 Å². The minimum atomic E-state index is -0.168. The molecule has 3 rings (SSSR count). The number of nitrogens with zero attached hydrogens (tertiary/aromatic N) is 1. The third-order valence-electron chi connectivity index (χ3n) is 4.08. The molecule has 1 aromatic carbocycles. The lowest BCUT2D eigenvalue weighted by Gasteiger charge is -2.17. The van der Waals surface area contributed by atoms with Crippen molar-refractivity contribution in [1.82, 2.24) is 4.90 Å². The average molecular weight is 257 g/mol. The van der Waals surface area contributed by atoms with Crippen molar-refractivity contribution >= 4 is 6.09 Å². The van der Waals surface area contributed by atoms with Crippen LogP contribution in [0.2, 0.25) is 0 Å². The molecule has 3 heteroatoms. The predicted molar refractivity (Wildman–Crippen MR) is 73.6 cm³/mol. The summed E-state index contributed by atoms with van der Waals surface area (Å²) in [6.45, 7) is 2.06. The fraction of sp³-hybridized carbons (Fsp3) is 0.438. The van der Waals surface area contributed by atoms with Crippen LogP contribution in [0.4, 0.5) is 4.79 Å². The standard InChI is InChI=1S/C16H19NO2/c18-16(19-12-13-6-2-1-3-7-13)17-10-14-8-4-5-9-15(14)11-17/h1-7,14-15H,8-12H2. The molecule has 1 aromatic rings. The van der Waals surface area contributed by atoms with Gasteiger partial charge in [-0.25, -0.2) is 4.79 Å². The zero-order valence-electron chi connectivity index (χ0n) is 11.0. The average Bonchev–Trinajstić information content (AvgIpc) is 2.90. The van der Waals surface area contributed by atoms with E-state index >= 15 is 0 Å². The van der Waals surface area contributed by atoms with Crippen molar-refractivity contribution in [3.8, 4) is 0 Å². The summed E-state index contributed by atoms with van der Waals surface area (Å²) in [4.78, 5) is 13.9. The molecule has 100 valence electrons. The maximum absolute atomic E-state index is 12.0. The molecule has 1 heterocycles. The van der Waals surface area contributed by atoms with E-state index in [0.29, 0.717) is 18.4 Å². The fourth-order valence-corrected chi connectivity index (χ4v) is 2.97. The second-order valence-electron chi connectivity index (χ2n) is 5.41. The minimum absolute atomic E-state index is 0.168. The van der Waals surface area contributed by atoms with Crippen LogP contribution in [0.25, 0.3) is 0 Å². The Morgan fingerprint density at radius 1 is 1.11 bits per heavy atom. The molecule has 0 saturated carbocycles. The van der Waals surface area contributed by atoms with Crippen LogP contribution in [0.15, 0.2) is 42.5 Å². The molecule has 2 atom stereocenters. The summed E-state index contributed by atoms with van der Waals surface area (Å²) in [5, 5.41) is 0. The number of ether oxygens (including phenoxy) is 1. The van der Waals surface area contributed by atoms with Gasteiger partial charge in [-0.3, -0.25) is 0 Å². The van der Waals surface area contributed by atoms with Crippen molar-refractivity contribution in [3.05, 3.63) is 48.0 Å². The second-order valence-corrected chi connectivity index (χ2v) is 5.41. The number of benzene rings is 1. The largest absolute Gasteiger partial charge is 0.445 e. The number of fused-ring (bicyclic) bond motifs is 1. The molecule has 2 unspecified atom stereocenters. The van der Waals surface area contributed by atoms with Crippen LogP contribution >= 0.6 is 0 Å². The monoisotopic (exact) mass is 257 g/mol. The maximum Gasteiger partial charge on any atom is 0.410 e. The zero-order valence-corrected chi connectivity index (χ0v) is 11.0. The van der Waals surface area contributed by atoms with Gasteiger partial charge in [-0.05, 0) is 30.2 Å². The summed E-state index contributed by atoms with van der Waals surface area (Å²) in [7, 11) is 0. The lowest BCUT2D eigenvalue weighted by atomic mass is 9.86. The SMILES string of the molecule is O=C(OCc1ccccc1)N1CC2CC=CCC2C1. The van der Waals surface area contributed by atoms with Gasteiger partial charge in [0.15, 0.2) is 0 Å². The van der Waals surface area contributed by atoms with Gasteiger partial charge in [0.25, 0.3) is 0 Å². The first kappa shape index (κ1) is 12.3. The molecule has 1 fully saturated rings. The van der Waals surface area contributed by atoms with E-state index in [1.165, 1.54) is 0 Å². The van der Waals surface area contributed by atoms with Gasteiger partial charge in [-0.15, -0.1) is 0 Å². The zero-order chi connectivity index (χ0) is 13.1. The highest BCUT2D eigenvalue weighted by atomic mass is 16.6. The minimum Gasteiger partial charge on any atom is -0.445 e. The van der Waals surface area contributed by atoms with Crippen molar-refractivity contribution < 1.29 is 9.53 Å². The molecular weight excluding hydrogens is 238 g/mol. The number of carbonyl (C=O) groups excluding carboxylic acids is 1. The van der Waals surface area contributed by atoms with Gasteiger partial charge in [-0.1, -0.05) is 42.5 Å². The summed E-state index contributed by atoms with van der Waals surface area (Å²) in [6.07, 6.45) is 6.51. The highest BCUT2D eigenvalue weighted by molar-refractivity contribution is 5.68. The van der Waals surface area contributed by atoms with Crippen molar-refractivity contribution in [2.45, 2.75) is 19.4 Å². The first-order chi connectivity index (χ1) is 9.33. The molecule has 0 bridgehead atoms. The summed E-state index contributed by atoms with van der Waals surface area (Å²) >= 11 is 0. The summed E-state index contributed by atoms with van der Waals surface area (Å²) in [6, 6.07) is 9.82. The highest BCUT2D eigenvalue weighted by Gasteiger charge is 2.35. The van der Waals surface area contributed by atoms with E-state index in [-0.39, 0.29) is 6.09 Å². The number of hydrogen-bond acceptors (Lipinski definition) is 2. The maximum atomic E-state index is 12.0. The molecule has 0 aromatic heterocycles. The highest BCUT2D eigenvalue weighted by Crippen LogP contribution is 2.32. The Morgan fingerprint density at radius 2 is 1.74 bits per heavy atom. The number of hydrogen-bond donors (Lipinski definition) is 0. The Balaban J connectivity index is 1.52. The number of amides is 1. The third kappa shape index (κ3) is 2.80. The quantitative estimate of drug-likeness (QED) is 0.761. The van der Waals surface area contributed by atoms with Gasteiger partial charge in [0.1, 0.15) is 6.61 Å². The molecule has 0 spiro atoms. The number of carbonyl (C=O) groups is 1. The number of allylic oxidation sites excluding steroid dienone is 2. The lowest BCUT2D eigenvalue weighted by Crippen LogP contribution is -2.29. The molecular formula is C16H19NO2. The first-order valence-electron chi connectivity index (χ1n) is 6.93. The van der Waals surface area contributed by atoms with Gasteiger partial charge in [0.2, 0.25) is 0 Å². The fourth-order valence-electron chi connectivity index (χ4n) is 2.97. The Morgan fingerprint density at radius 3 is 2.37 bits per heavy atom. The Labute approximate surface area is 113 Å². The van der Waals surface area contributed by atoms with Gasteiger partial charge in [0.05, 0.1) is 0 Å². The Bertz CT molecular complexity index is 453. The number of likely N-dealkylation sites (tertiary alicyclic amines) is 1. The normalized spacial score (nSPS) is 25.2. The lowest BCUT2D eigenvalue weighted by molar-refractivity contribution is 0.102. The molecule has 1 amide bonds. The summed E-state index contributed by atoms with van der Waals surface area (Å²) in [5.41, 5.74) is 1.04. The van der Waals surface area contributed by atoms with Gasteiger partial charge in [0, 0.05) is 13.1 Å². The van der Waals surface area contributed by atoms with Crippen LogP contribution in [0, 0.1) is 11.8 Å². The molecule has 1 saturated heterocycles. The molecule has 2 aliphatic rings. The molecule has 1 aliphatic heterocycles. The van der Waals surface area contributed by atoms with Crippen LogP contribution in [0.5, 0.6) is 0 Å².